The molecule has 34 heavy (non-hydrogen) atoms. The van der Waals surface area contributed by atoms with E-state index in [0.29, 0.717) is 6.54 Å². The summed E-state index contributed by atoms with van der Waals surface area (Å²) in [5.41, 5.74) is 6.71. The summed E-state index contributed by atoms with van der Waals surface area (Å²) in [6, 6.07) is 8.31. The van der Waals surface area contributed by atoms with Crippen molar-refractivity contribution in [1.82, 2.24) is 14.9 Å². The first-order valence-electron chi connectivity index (χ1n) is 12.1. The number of benzene rings is 1. The van der Waals surface area contributed by atoms with Crippen LogP contribution in [0.4, 0.5) is 27.7 Å². The Labute approximate surface area is 206 Å². The molecule has 0 spiro atoms. The van der Waals surface area contributed by atoms with Gasteiger partial charge in [-0.25, -0.2) is 4.39 Å². The molecular weight excluding hydrogens is 451 g/mol. The van der Waals surface area contributed by atoms with Crippen LogP contribution >= 0.6 is 12.2 Å². The minimum absolute atomic E-state index is 0.277. The van der Waals surface area contributed by atoms with Gasteiger partial charge in [0, 0.05) is 64.1 Å². The van der Waals surface area contributed by atoms with Crippen molar-refractivity contribution in [1.29, 1.82) is 0 Å². The molecule has 0 saturated carbocycles. The molecule has 0 atom stereocenters. The van der Waals surface area contributed by atoms with Crippen molar-refractivity contribution in [2.75, 3.05) is 79.4 Å². The van der Waals surface area contributed by atoms with Gasteiger partial charge in [-0.2, -0.15) is 9.97 Å². The molecule has 10 heteroatoms. The van der Waals surface area contributed by atoms with Gasteiger partial charge in [0.25, 0.3) is 0 Å². The first-order valence-corrected chi connectivity index (χ1v) is 12.5. The second kappa shape index (κ2) is 11.6. The molecule has 0 aliphatic carbocycles. The van der Waals surface area contributed by atoms with Gasteiger partial charge in [0.05, 0.1) is 0 Å². The number of nitrogens with zero attached hydrogens (tertiary/aromatic N) is 6. The average Bonchev–Trinajstić information content (AvgIpc) is 3.55. The molecule has 0 bridgehead atoms. The molecule has 184 valence electrons. The molecule has 4 rings (SSSR count). The molecule has 3 heterocycles. The monoisotopic (exact) mass is 486 g/mol. The van der Waals surface area contributed by atoms with Crippen molar-refractivity contribution in [3.8, 4) is 0 Å². The Morgan fingerprint density at radius 1 is 1.00 bits per heavy atom. The molecule has 0 unspecified atom stereocenters. The molecule has 1 aromatic heterocycles. The summed E-state index contributed by atoms with van der Waals surface area (Å²) >= 11 is 5.21. The van der Waals surface area contributed by atoms with Crippen molar-refractivity contribution >= 4 is 40.6 Å². The zero-order chi connectivity index (χ0) is 23.9. The summed E-state index contributed by atoms with van der Waals surface area (Å²) in [7, 11) is 2.06. The van der Waals surface area contributed by atoms with Crippen LogP contribution in [0.25, 0.3) is 0 Å². The van der Waals surface area contributed by atoms with Crippen LogP contribution in [0.1, 0.15) is 25.7 Å². The van der Waals surface area contributed by atoms with Gasteiger partial charge >= 0.3 is 0 Å². The molecule has 0 amide bonds. The first-order chi connectivity index (χ1) is 16.5. The fourth-order valence-corrected chi connectivity index (χ4v) is 4.62. The maximum atomic E-state index is 13.3. The van der Waals surface area contributed by atoms with E-state index in [-0.39, 0.29) is 10.9 Å². The molecule has 0 radical (unpaired) electrons. The fraction of sp³-hybridized carbons (Fsp3) is 0.542. The van der Waals surface area contributed by atoms with Crippen LogP contribution in [0.2, 0.25) is 0 Å². The standard InChI is InChI=1S/C24H35FN8S/c1-30(16-17-33(23(26)34)20-8-6-19(25)7-9-20)15-10-27-21-18-22(31-11-2-3-12-31)29-24(28-21)32-13-4-5-14-32/h6-9,18H,2-5,10-17H2,1H3,(H2,26,34)(H,27,28,29). The Morgan fingerprint density at radius 2 is 1.65 bits per heavy atom. The average molecular weight is 487 g/mol. The molecule has 2 saturated heterocycles. The Hall–Kier alpha value is -2.72. The van der Waals surface area contributed by atoms with Gasteiger partial charge < -0.3 is 30.7 Å². The van der Waals surface area contributed by atoms with Crippen LogP contribution in [-0.4, -0.2) is 79.4 Å². The number of nitrogens with one attached hydrogen (secondary N) is 1. The van der Waals surface area contributed by atoms with Crippen LogP contribution in [0, 0.1) is 5.82 Å². The number of nitrogens with two attached hydrogens (primary N) is 1. The Kier molecular flexibility index (Phi) is 8.34. The van der Waals surface area contributed by atoms with Crippen LogP contribution in [-0.2, 0) is 0 Å². The second-order valence-corrected chi connectivity index (χ2v) is 9.41. The topological polar surface area (TPSA) is 76.8 Å². The number of aromatic nitrogens is 2. The van der Waals surface area contributed by atoms with Crippen molar-refractivity contribution in [3.05, 3.63) is 36.1 Å². The summed E-state index contributed by atoms with van der Waals surface area (Å²) in [6.45, 7) is 7.16. The summed E-state index contributed by atoms with van der Waals surface area (Å²) < 4.78 is 13.3. The highest BCUT2D eigenvalue weighted by Gasteiger charge is 2.20. The van der Waals surface area contributed by atoms with E-state index in [1.165, 1.54) is 37.8 Å². The Morgan fingerprint density at radius 3 is 2.29 bits per heavy atom. The van der Waals surface area contributed by atoms with Gasteiger partial charge in [0.2, 0.25) is 5.95 Å². The predicted molar refractivity (Wildman–Crippen MR) is 141 cm³/mol. The van der Waals surface area contributed by atoms with Gasteiger partial charge in [-0.05, 0) is 69.2 Å². The maximum absolute atomic E-state index is 13.3. The summed E-state index contributed by atoms with van der Waals surface area (Å²) in [4.78, 5) is 18.4. The largest absolute Gasteiger partial charge is 0.376 e. The van der Waals surface area contributed by atoms with Crippen LogP contribution in [0.15, 0.2) is 30.3 Å². The van der Waals surface area contributed by atoms with Gasteiger partial charge in [-0.15, -0.1) is 0 Å². The van der Waals surface area contributed by atoms with E-state index in [4.69, 9.17) is 27.9 Å². The van der Waals surface area contributed by atoms with E-state index in [2.05, 4.69) is 33.1 Å². The SMILES string of the molecule is CN(CCNc1cc(N2CCCC2)nc(N2CCCC2)n1)CCN(C(N)=S)c1ccc(F)cc1. The van der Waals surface area contributed by atoms with Crippen molar-refractivity contribution in [2.24, 2.45) is 5.73 Å². The normalized spacial score (nSPS) is 15.9. The number of likely N-dealkylation sites (N-methyl/N-ethyl adjacent to an activating group) is 1. The van der Waals surface area contributed by atoms with Gasteiger partial charge in [-0.3, -0.25) is 0 Å². The highest BCUT2D eigenvalue weighted by molar-refractivity contribution is 7.80. The number of anilines is 4. The lowest BCUT2D eigenvalue weighted by Crippen LogP contribution is -2.41. The highest BCUT2D eigenvalue weighted by Crippen LogP contribution is 2.25. The molecule has 2 aliphatic heterocycles. The number of thiocarbonyl (C=S) groups is 1. The number of halogens is 1. The van der Waals surface area contributed by atoms with Crippen LogP contribution < -0.4 is 25.8 Å². The zero-order valence-corrected chi connectivity index (χ0v) is 20.7. The Bertz CT molecular complexity index is 910. The molecule has 3 N–H and O–H groups in total. The van der Waals surface area contributed by atoms with E-state index in [0.717, 1.165) is 69.1 Å². The van der Waals surface area contributed by atoms with E-state index in [1.807, 2.05) is 4.90 Å². The minimum atomic E-state index is -0.277. The quantitative estimate of drug-likeness (QED) is 0.493. The smallest absolute Gasteiger partial charge is 0.229 e. The number of rotatable bonds is 10. The minimum Gasteiger partial charge on any atom is -0.376 e. The molecule has 2 aliphatic rings. The number of hydrogen-bond donors (Lipinski definition) is 2. The number of hydrogen-bond acceptors (Lipinski definition) is 7. The van der Waals surface area contributed by atoms with E-state index in [1.54, 1.807) is 12.1 Å². The maximum Gasteiger partial charge on any atom is 0.229 e. The van der Waals surface area contributed by atoms with E-state index >= 15 is 0 Å². The first kappa shape index (κ1) is 24.4. The lowest BCUT2D eigenvalue weighted by atomic mass is 10.3. The fourth-order valence-electron chi connectivity index (χ4n) is 4.42. The summed E-state index contributed by atoms with van der Waals surface area (Å²) in [5, 5.41) is 3.78. The van der Waals surface area contributed by atoms with Crippen molar-refractivity contribution < 1.29 is 4.39 Å². The molecule has 2 aromatic rings. The van der Waals surface area contributed by atoms with Crippen molar-refractivity contribution in [2.45, 2.75) is 25.7 Å². The molecule has 8 nitrogen and oxygen atoms in total. The van der Waals surface area contributed by atoms with Gasteiger partial charge in [0.1, 0.15) is 17.5 Å². The molecule has 1 aromatic carbocycles. The molecular formula is C24H35FN8S. The third-order valence-electron chi connectivity index (χ3n) is 6.43. The summed E-state index contributed by atoms with van der Waals surface area (Å²) in [6.07, 6.45) is 4.84. The third kappa shape index (κ3) is 6.44. The van der Waals surface area contributed by atoms with Crippen LogP contribution in [0.3, 0.4) is 0 Å². The van der Waals surface area contributed by atoms with Crippen LogP contribution in [0.5, 0.6) is 0 Å². The Balaban J connectivity index is 1.32. The highest BCUT2D eigenvalue weighted by atomic mass is 32.1. The third-order valence-corrected chi connectivity index (χ3v) is 6.65. The second-order valence-electron chi connectivity index (χ2n) is 9.00. The lowest BCUT2D eigenvalue weighted by molar-refractivity contribution is 0.357. The lowest BCUT2D eigenvalue weighted by Gasteiger charge is -2.26. The van der Waals surface area contributed by atoms with Gasteiger partial charge in [0.15, 0.2) is 5.11 Å². The predicted octanol–water partition coefficient (Wildman–Crippen LogP) is 2.91. The van der Waals surface area contributed by atoms with E-state index < -0.39 is 0 Å². The zero-order valence-electron chi connectivity index (χ0n) is 19.9. The molecule has 2 fully saturated rings. The van der Waals surface area contributed by atoms with E-state index in [9.17, 15) is 4.39 Å². The summed E-state index contributed by atoms with van der Waals surface area (Å²) in [5.74, 6) is 2.46. The van der Waals surface area contributed by atoms with Crippen molar-refractivity contribution in [3.63, 3.8) is 0 Å². The van der Waals surface area contributed by atoms with Gasteiger partial charge in [-0.1, -0.05) is 0 Å².